The summed E-state index contributed by atoms with van der Waals surface area (Å²) in [5, 5.41) is 0. The highest BCUT2D eigenvalue weighted by atomic mass is 32.2. The molecule has 0 radical (unpaired) electrons. The van der Waals surface area contributed by atoms with Crippen molar-refractivity contribution in [2.75, 3.05) is 31.1 Å². The fraction of sp³-hybridized carbons (Fsp3) is 0.944. The van der Waals surface area contributed by atoms with Gasteiger partial charge in [-0.2, -0.15) is 0 Å². The SMILES string of the molecule is C[C@@H]1CN(CC(=O)N(C2CCCCC2)[C@H]2CCS(=O)(=O)C2)C[C@@H](C)O1. The Hall–Kier alpha value is -0.660. The Morgan fingerprint density at radius 2 is 1.68 bits per heavy atom. The van der Waals surface area contributed by atoms with Gasteiger partial charge in [-0.15, -0.1) is 0 Å². The summed E-state index contributed by atoms with van der Waals surface area (Å²) in [5.74, 6) is 0.473. The van der Waals surface area contributed by atoms with Crippen LogP contribution in [0.2, 0.25) is 0 Å². The van der Waals surface area contributed by atoms with Crippen LogP contribution < -0.4 is 0 Å². The van der Waals surface area contributed by atoms with E-state index in [0.717, 1.165) is 38.8 Å². The fourth-order valence-electron chi connectivity index (χ4n) is 4.75. The Morgan fingerprint density at radius 1 is 1.04 bits per heavy atom. The molecule has 0 aromatic carbocycles. The molecular weight excluding hydrogens is 340 g/mol. The summed E-state index contributed by atoms with van der Waals surface area (Å²) in [5.41, 5.74) is 0. The van der Waals surface area contributed by atoms with Crippen molar-refractivity contribution in [3.05, 3.63) is 0 Å². The Kier molecular flexibility index (Phi) is 6.06. The monoisotopic (exact) mass is 372 g/mol. The highest BCUT2D eigenvalue weighted by Crippen LogP contribution is 2.28. The lowest BCUT2D eigenvalue weighted by molar-refractivity contribution is -0.141. The third kappa shape index (κ3) is 4.95. The minimum absolute atomic E-state index is 0.107. The van der Waals surface area contributed by atoms with Crippen molar-refractivity contribution in [2.45, 2.75) is 76.7 Å². The number of carbonyl (C=O) groups excluding carboxylic acids is 1. The molecular formula is C18H32N2O4S. The minimum Gasteiger partial charge on any atom is -0.373 e. The van der Waals surface area contributed by atoms with Gasteiger partial charge in [-0.3, -0.25) is 9.69 Å². The Labute approximate surface area is 151 Å². The maximum atomic E-state index is 13.2. The first-order valence-corrected chi connectivity index (χ1v) is 11.6. The summed E-state index contributed by atoms with van der Waals surface area (Å²) in [6.45, 7) is 5.98. The van der Waals surface area contributed by atoms with Crippen LogP contribution in [0.25, 0.3) is 0 Å². The van der Waals surface area contributed by atoms with Crippen LogP contribution in [-0.4, -0.2) is 79.6 Å². The molecule has 144 valence electrons. The van der Waals surface area contributed by atoms with E-state index in [-0.39, 0.29) is 41.7 Å². The molecule has 0 unspecified atom stereocenters. The first-order valence-electron chi connectivity index (χ1n) is 9.73. The zero-order valence-electron chi connectivity index (χ0n) is 15.5. The number of nitrogens with zero attached hydrogens (tertiary/aromatic N) is 2. The average molecular weight is 373 g/mol. The first kappa shape index (κ1) is 19.1. The van der Waals surface area contributed by atoms with E-state index in [1.54, 1.807) is 0 Å². The maximum absolute atomic E-state index is 13.2. The Morgan fingerprint density at radius 3 is 2.24 bits per heavy atom. The molecule has 0 aromatic heterocycles. The first-order chi connectivity index (χ1) is 11.8. The van der Waals surface area contributed by atoms with Crippen LogP contribution in [0, 0.1) is 0 Å². The second-order valence-electron chi connectivity index (χ2n) is 8.10. The van der Waals surface area contributed by atoms with Crippen molar-refractivity contribution in [2.24, 2.45) is 0 Å². The second-order valence-corrected chi connectivity index (χ2v) is 10.3. The van der Waals surface area contributed by atoms with Crippen LogP contribution in [0.3, 0.4) is 0 Å². The summed E-state index contributed by atoms with van der Waals surface area (Å²) >= 11 is 0. The molecule has 25 heavy (non-hydrogen) atoms. The van der Waals surface area contributed by atoms with E-state index in [1.165, 1.54) is 6.42 Å². The molecule has 0 aromatic rings. The number of sulfone groups is 1. The Balaban J connectivity index is 1.70. The quantitative estimate of drug-likeness (QED) is 0.747. The van der Waals surface area contributed by atoms with Crippen LogP contribution in [0.5, 0.6) is 0 Å². The van der Waals surface area contributed by atoms with E-state index < -0.39 is 9.84 Å². The van der Waals surface area contributed by atoms with Crippen LogP contribution in [0.15, 0.2) is 0 Å². The standard InChI is InChI=1S/C18H32N2O4S/c1-14-10-19(11-15(2)24-14)12-18(21)20(16-6-4-3-5-7-16)17-8-9-25(22,23)13-17/h14-17H,3-13H2,1-2H3/t14-,15-,17+/m1/s1. The van der Waals surface area contributed by atoms with Crippen molar-refractivity contribution in [3.8, 4) is 0 Å². The topological polar surface area (TPSA) is 66.9 Å². The highest BCUT2D eigenvalue weighted by molar-refractivity contribution is 7.91. The van der Waals surface area contributed by atoms with Crippen molar-refractivity contribution in [1.29, 1.82) is 0 Å². The molecule has 3 fully saturated rings. The number of morpholine rings is 1. The largest absolute Gasteiger partial charge is 0.373 e. The smallest absolute Gasteiger partial charge is 0.237 e. The van der Waals surface area contributed by atoms with Gasteiger partial charge >= 0.3 is 0 Å². The van der Waals surface area contributed by atoms with Gasteiger partial charge in [0, 0.05) is 25.2 Å². The van der Waals surface area contributed by atoms with Gasteiger partial charge in [0.15, 0.2) is 9.84 Å². The van der Waals surface area contributed by atoms with Gasteiger partial charge in [0.05, 0.1) is 30.3 Å². The molecule has 3 aliphatic rings. The molecule has 2 heterocycles. The molecule has 3 rings (SSSR count). The van der Waals surface area contributed by atoms with Crippen LogP contribution >= 0.6 is 0 Å². The predicted molar refractivity (Wildman–Crippen MR) is 97.2 cm³/mol. The number of hydrogen-bond acceptors (Lipinski definition) is 5. The van der Waals surface area contributed by atoms with Gasteiger partial charge in [-0.1, -0.05) is 19.3 Å². The zero-order valence-corrected chi connectivity index (χ0v) is 16.3. The van der Waals surface area contributed by atoms with Crippen LogP contribution in [0.1, 0.15) is 52.4 Å². The molecule has 2 aliphatic heterocycles. The predicted octanol–water partition coefficient (Wildman–Crippen LogP) is 1.44. The van der Waals surface area contributed by atoms with Crippen molar-refractivity contribution in [3.63, 3.8) is 0 Å². The van der Waals surface area contributed by atoms with E-state index >= 15 is 0 Å². The fourth-order valence-corrected chi connectivity index (χ4v) is 6.46. The molecule has 1 aliphatic carbocycles. The third-order valence-electron chi connectivity index (χ3n) is 5.71. The molecule has 0 N–H and O–H groups in total. The normalized spacial score (nSPS) is 34.1. The van der Waals surface area contributed by atoms with Crippen molar-refractivity contribution < 1.29 is 17.9 Å². The summed E-state index contributed by atoms with van der Waals surface area (Å²) in [6.07, 6.45) is 6.38. The molecule has 6 nitrogen and oxygen atoms in total. The van der Waals surface area contributed by atoms with E-state index in [2.05, 4.69) is 4.90 Å². The van der Waals surface area contributed by atoms with Gasteiger partial charge in [0.25, 0.3) is 0 Å². The molecule has 3 atom stereocenters. The molecule has 0 spiro atoms. The maximum Gasteiger partial charge on any atom is 0.237 e. The highest BCUT2D eigenvalue weighted by Gasteiger charge is 2.39. The van der Waals surface area contributed by atoms with E-state index in [9.17, 15) is 13.2 Å². The molecule has 0 bridgehead atoms. The number of hydrogen-bond donors (Lipinski definition) is 0. The average Bonchev–Trinajstić information content (AvgIpc) is 2.87. The summed E-state index contributed by atoms with van der Waals surface area (Å²) in [4.78, 5) is 17.3. The summed E-state index contributed by atoms with van der Waals surface area (Å²) in [6, 6.07) is 0.0897. The molecule has 1 amide bonds. The van der Waals surface area contributed by atoms with Crippen molar-refractivity contribution >= 4 is 15.7 Å². The lowest BCUT2D eigenvalue weighted by Crippen LogP contribution is -2.54. The van der Waals surface area contributed by atoms with E-state index in [1.807, 2.05) is 18.7 Å². The lowest BCUT2D eigenvalue weighted by Gasteiger charge is -2.41. The lowest BCUT2D eigenvalue weighted by atomic mass is 9.92. The molecule has 7 heteroatoms. The number of carbonyl (C=O) groups is 1. The van der Waals surface area contributed by atoms with E-state index in [0.29, 0.717) is 13.0 Å². The summed E-state index contributed by atoms with van der Waals surface area (Å²) in [7, 11) is -2.99. The Bertz CT molecular complexity index is 564. The minimum atomic E-state index is -2.99. The summed E-state index contributed by atoms with van der Waals surface area (Å²) < 4.78 is 29.7. The molecule has 1 saturated carbocycles. The van der Waals surface area contributed by atoms with Crippen molar-refractivity contribution in [1.82, 2.24) is 9.80 Å². The van der Waals surface area contributed by atoms with Gasteiger partial charge in [0.2, 0.25) is 5.91 Å². The second kappa shape index (κ2) is 7.92. The number of rotatable bonds is 4. The van der Waals surface area contributed by atoms with Gasteiger partial charge in [0.1, 0.15) is 0 Å². The van der Waals surface area contributed by atoms with Crippen LogP contribution in [-0.2, 0) is 19.4 Å². The van der Waals surface area contributed by atoms with Gasteiger partial charge in [-0.05, 0) is 33.1 Å². The van der Waals surface area contributed by atoms with Crippen LogP contribution in [0.4, 0.5) is 0 Å². The number of amides is 1. The number of ether oxygens (including phenoxy) is 1. The third-order valence-corrected chi connectivity index (χ3v) is 7.46. The zero-order chi connectivity index (χ0) is 18.0. The molecule has 2 saturated heterocycles. The van der Waals surface area contributed by atoms with Gasteiger partial charge in [-0.25, -0.2) is 8.42 Å². The van der Waals surface area contributed by atoms with Gasteiger partial charge < -0.3 is 9.64 Å². The van der Waals surface area contributed by atoms with E-state index in [4.69, 9.17) is 4.74 Å².